The number of nitrogens with zero attached hydrogens (tertiary/aromatic N) is 3. The highest BCUT2D eigenvalue weighted by Gasteiger charge is 2.20. The highest BCUT2D eigenvalue weighted by molar-refractivity contribution is 9.09. The van der Waals surface area contributed by atoms with E-state index in [4.69, 9.17) is 0 Å². The molecular weight excluding hydrogens is 411 g/mol. The van der Waals surface area contributed by atoms with Gasteiger partial charge in [0.15, 0.2) is 17.5 Å². The van der Waals surface area contributed by atoms with Gasteiger partial charge in [0, 0.05) is 0 Å². The van der Waals surface area contributed by atoms with Gasteiger partial charge in [-0.1, -0.05) is 0 Å². The molecule has 0 saturated carbocycles. The van der Waals surface area contributed by atoms with Crippen molar-refractivity contribution < 1.29 is 13.2 Å². The lowest BCUT2D eigenvalue weighted by atomic mass is 10.5. The van der Waals surface area contributed by atoms with Gasteiger partial charge >= 0.3 is 0 Å². The van der Waals surface area contributed by atoms with E-state index in [9.17, 15) is 13.2 Å². The summed E-state index contributed by atoms with van der Waals surface area (Å²) in [7, 11) is 0. The van der Waals surface area contributed by atoms with E-state index < -0.39 is 15.2 Å². The summed E-state index contributed by atoms with van der Waals surface area (Å²) in [6.45, 7) is 0. The molecule has 9 heteroatoms. The monoisotopic (exact) mass is 411 g/mol. The fourth-order valence-electron chi connectivity index (χ4n) is 0.720. The maximum atomic E-state index is 12.8. The predicted molar refractivity (Wildman–Crippen MR) is 58.2 cm³/mol. The minimum atomic E-state index is -1.70. The molecule has 0 aliphatic heterocycles. The highest BCUT2D eigenvalue weighted by Crippen LogP contribution is 2.28. The number of aromatic nitrogens is 3. The molecule has 0 radical (unpaired) electrons. The number of halogens is 6. The van der Waals surface area contributed by atoms with Gasteiger partial charge in [0.25, 0.3) is 0 Å². The second-order valence-electron chi connectivity index (χ2n) is 2.31. The first kappa shape index (κ1) is 13.3. The Kier molecular flexibility index (Phi) is 4.91. The van der Waals surface area contributed by atoms with Crippen molar-refractivity contribution in [3.63, 3.8) is 0 Å². The lowest BCUT2D eigenvalue weighted by Crippen LogP contribution is -2.07. The fourth-order valence-corrected chi connectivity index (χ4v) is 1.33. The minimum Gasteiger partial charge on any atom is -0.226 e. The summed E-state index contributed by atoms with van der Waals surface area (Å²) in [4.78, 5) is 10.4. The smallest absolute Gasteiger partial charge is 0.214 e. The molecule has 1 aromatic rings. The Morgan fingerprint density at radius 2 is 0.867 bits per heavy atom. The summed E-state index contributed by atoms with van der Waals surface area (Å²) in [6, 6.07) is 0. The lowest BCUT2D eigenvalue weighted by molar-refractivity contribution is 0.411. The van der Waals surface area contributed by atoms with Crippen LogP contribution in [0.1, 0.15) is 32.7 Å². The third-order valence-electron chi connectivity index (χ3n) is 1.27. The van der Waals surface area contributed by atoms with Crippen molar-refractivity contribution in [2.24, 2.45) is 0 Å². The maximum absolute atomic E-state index is 12.8. The van der Waals surface area contributed by atoms with Crippen LogP contribution in [-0.4, -0.2) is 15.0 Å². The van der Waals surface area contributed by atoms with E-state index in [0.717, 1.165) is 0 Å². The van der Waals surface area contributed by atoms with E-state index in [1.54, 1.807) is 0 Å². The van der Waals surface area contributed by atoms with Crippen LogP contribution in [0.2, 0.25) is 0 Å². The van der Waals surface area contributed by atoms with Crippen LogP contribution in [0.4, 0.5) is 13.2 Å². The molecule has 1 rings (SSSR count). The molecule has 0 aliphatic carbocycles. The molecule has 0 bridgehead atoms. The Bertz CT molecular complexity index is 283. The Morgan fingerprint density at radius 1 is 0.667 bits per heavy atom. The molecule has 3 nitrogen and oxygen atoms in total. The molecule has 3 unspecified atom stereocenters. The van der Waals surface area contributed by atoms with Crippen LogP contribution in [-0.2, 0) is 0 Å². The molecule has 15 heavy (non-hydrogen) atoms. The molecule has 0 aliphatic rings. The highest BCUT2D eigenvalue weighted by atomic mass is 79.9. The third-order valence-corrected chi connectivity index (χ3v) is 2.50. The van der Waals surface area contributed by atoms with Crippen LogP contribution in [0.25, 0.3) is 0 Å². The van der Waals surface area contributed by atoms with Gasteiger partial charge < -0.3 is 0 Å². The van der Waals surface area contributed by atoms with Crippen molar-refractivity contribution in [1.29, 1.82) is 0 Å². The number of rotatable bonds is 3. The largest absolute Gasteiger partial charge is 0.226 e. The average Bonchev–Trinajstić information content (AvgIpc) is 2.16. The number of hydrogen-bond donors (Lipinski definition) is 0. The first-order chi connectivity index (χ1) is 6.91. The van der Waals surface area contributed by atoms with Crippen LogP contribution in [0.15, 0.2) is 0 Å². The van der Waals surface area contributed by atoms with Crippen molar-refractivity contribution >= 4 is 47.8 Å². The molecule has 0 fully saturated rings. The minimum absolute atomic E-state index is 0.376. The van der Waals surface area contributed by atoms with Crippen molar-refractivity contribution in [3.8, 4) is 0 Å². The molecule has 0 saturated heterocycles. The van der Waals surface area contributed by atoms with Crippen LogP contribution >= 0.6 is 47.8 Å². The molecular formula is C6H3Br3F3N3. The van der Waals surface area contributed by atoms with Gasteiger partial charge in [-0.25, -0.2) is 28.1 Å². The summed E-state index contributed by atoms with van der Waals surface area (Å²) < 4.78 is 38.4. The van der Waals surface area contributed by atoms with Gasteiger partial charge in [-0.2, -0.15) is 0 Å². The zero-order chi connectivity index (χ0) is 11.6. The topological polar surface area (TPSA) is 38.7 Å². The van der Waals surface area contributed by atoms with Crippen LogP contribution in [0, 0.1) is 0 Å². The molecule has 0 aromatic carbocycles. The van der Waals surface area contributed by atoms with Gasteiger partial charge in [0.05, 0.1) is 0 Å². The standard InChI is InChI=1S/C6H3Br3F3N3/c7-1(10)4-13-5(2(8)11)15-6(14-4)3(9)12/h1-3H. The van der Waals surface area contributed by atoms with E-state index in [1.165, 1.54) is 0 Å². The molecule has 0 N–H and O–H groups in total. The SMILES string of the molecule is FC(Br)c1nc(C(F)Br)nc(C(F)Br)n1. The van der Waals surface area contributed by atoms with Gasteiger partial charge in [-0.05, 0) is 47.8 Å². The second-order valence-corrected chi connectivity index (χ2v) is 4.72. The normalized spacial score (nSPS) is 17.2. The van der Waals surface area contributed by atoms with Crippen molar-refractivity contribution in [2.45, 2.75) is 15.2 Å². The summed E-state index contributed by atoms with van der Waals surface area (Å²) >= 11 is 7.66. The van der Waals surface area contributed by atoms with Crippen LogP contribution < -0.4 is 0 Å². The van der Waals surface area contributed by atoms with Gasteiger partial charge in [0.1, 0.15) is 0 Å². The van der Waals surface area contributed by atoms with Crippen LogP contribution in [0.3, 0.4) is 0 Å². The summed E-state index contributed by atoms with van der Waals surface area (Å²) in [5.41, 5.74) is 0. The average molecular weight is 414 g/mol. The number of alkyl halides is 6. The Morgan fingerprint density at radius 3 is 1.00 bits per heavy atom. The Labute approximate surface area is 108 Å². The quantitative estimate of drug-likeness (QED) is 0.704. The fraction of sp³-hybridized carbons (Fsp3) is 0.500. The van der Waals surface area contributed by atoms with Crippen molar-refractivity contribution in [1.82, 2.24) is 15.0 Å². The van der Waals surface area contributed by atoms with Gasteiger partial charge in [0.2, 0.25) is 15.2 Å². The van der Waals surface area contributed by atoms with Crippen molar-refractivity contribution in [2.75, 3.05) is 0 Å². The number of hydrogen-bond acceptors (Lipinski definition) is 3. The van der Waals surface area contributed by atoms with E-state index in [-0.39, 0.29) is 17.5 Å². The molecule has 1 heterocycles. The van der Waals surface area contributed by atoms with Crippen molar-refractivity contribution in [3.05, 3.63) is 17.5 Å². The molecule has 3 atom stereocenters. The third kappa shape index (κ3) is 3.63. The Balaban J connectivity index is 3.20. The molecule has 1 aromatic heterocycles. The summed E-state index contributed by atoms with van der Waals surface area (Å²) in [5, 5.41) is -5.10. The predicted octanol–water partition coefficient (Wildman–Crippen LogP) is 3.96. The maximum Gasteiger partial charge on any atom is 0.214 e. The second kappa shape index (κ2) is 5.53. The Hall–Kier alpha value is 0.240. The zero-order valence-electron chi connectivity index (χ0n) is 6.84. The first-order valence-electron chi connectivity index (χ1n) is 3.52. The van der Waals surface area contributed by atoms with Gasteiger partial charge in [-0.3, -0.25) is 0 Å². The summed E-state index contributed by atoms with van der Waals surface area (Å²) in [6.07, 6.45) is 0. The lowest BCUT2D eigenvalue weighted by Gasteiger charge is -2.06. The molecule has 84 valence electrons. The zero-order valence-corrected chi connectivity index (χ0v) is 11.6. The molecule has 0 spiro atoms. The van der Waals surface area contributed by atoms with Gasteiger partial charge in [-0.15, -0.1) is 0 Å². The van der Waals surface area contributed by atoms with E-state index >= 15 is 0 Å². The summed E-state index contributed by atoms with van der Waals surface area (Å²) in [5.74, 6) is -1.13. The van der Waals surface area contributed by atoms with E-state index in [2.05, 4.69) is 62.7 Å². The van der Waals surface area contributed by atoms with Crippen LogP contribution in [0.5, 0.6) is 0 Å². The van der Waals surface area contributed by atoms with E-state index in [1.807, 2.05) is 0 Å². The molecule has 0 amide bonds. The first-order valence-corrected chi connectivity index (χ1v) is 6.26. The van der Waals surface area contributed by atoms with E-state index in [0.29, 0.717) is 0 Å².